The first-order valence-corrected chi connectivity index (χ1v) is 12.7. The molecule has 2 aromatic heterocycles. The normalized spacial score (nSPS) is 16.9. The Balaban J connectivity index is 1.51. The number of hydrogen-bond donors (Lipinski definition) is 1. The molecule has 2 aromatic carbocycles. The number of amides is 2. The molecule has 7 heteroatoms. The van der Waals surface area contributed by atoms with Crippen LogP contribution in [0.5, 0.6) is 0 Å². The van der Waals surface area contributed by atoms with Crippen LogP contribution >= 0.6 is 22.9 Å². The largest absolute Gasteiger partial charge is 0.322 e. The summed E-state index contributed by atoms with van der Waals surface area (Å²) >= 11 is 7.99. The minimum absolute atomic E-state index is 0.243. The number of urea groups is 1. The van der Waals surface area contributed by atoms with E-state index in [2.05, 4.69) is 16.1 Å². The van der Waals surface area contributed by atoms with E-state index in [9.17, 15) is 9.18 Å². The number of nitrogens with zero attached hydrogens (tertiary/aromatic N) is 2. The highest BCUT2D eigenvalue weighted by atomic mass is 35.5. The molecular weight excluding hydrogens is 469 g/mol. The van der Waals surface area contributed by atoms with Crippen molar-refractivity contribution >= 4 is 34.7 Å². The summed E-state index contributed by atoms with van der Waals surface area (Å²) in [6, 6.07) is 17.0. The van der Waals surface area contributed by atoms with Crippen LogP contribution < -0.4 is 5.32 Å². The van der Waals surface area contributed by atoms with Gasteiger partial charge in [-0.1, -0.05) is 29.8 Å². The van der Waals surface area contributed by atoms with E-state index in [4.69, 9.17) is 11.6 Å². The summed E-state index contributed by atoms with van der Waals surface area (Å²) in [6.07, 6.45) is 6.55. The number of anilines is 1. The molecule has 34 heavy (non-hydrogen) atoms. The molecule has 0 saturated heterocycles. The van der Waals surface area contributed by atoms with E-state index in [1.165, 1.54) is 39.6 Å². The van der Waals surface area contributed by atoms with Crippen molar-refractivity contribution in [3.63, 3.8) is 0 Å². The fraction of sp³-hybridized carbons (Fsp3) is 0.222. The number of carbonyl (C=O) groups is 1. The smallest absolute Gasteiger partial charge is 0.310 e. The van der Waals surface area contributed by atoms with Crippen molar-refractivity contribution in [2.75, 3.05) is 5.32 Å². The number of fused-ring (bicyclic) bond motifs is 5. The molecule has 0 bridgehead atoms. The van der Waals surface area contributed by atoms with Crippen LogP contribution in [0, 0.1) is 5.82 Å². The van der Waals surface area contributed by atoms with E-state index < -0.39 is 6.04 Å². The molecule has 2 aliphatic rings. The van der Waals surface area contributed by atoms with Crippen molar-refractivity contribution in [2.45, 2.75) is 38.3 Å². The second kappa shape index (κ2) is 8.60. The number of nitrogens with one attached hydrogen (secondary N) is 1. The summed E-state index contributed by atoms with van der Waals surface area (Å²) in [7, 11) is 0. The van der Waals surface area contributed by atoms with Crippen LogP contribution in [0.15, 0.2) is 66.9 Å². The minimum atomic E-state index is -0.441. The minimum Gasteiger partial charge on any atom is -0.310 e. The van der Waals surface area contributed by atoms with E-state index in [-0.39, 0.29) is 11.8 Å². The van der Waals surface area contributed by atoms with Crippen LogP contribution in [0.4, 0.5) is 14.9 Å². The molecule has 0 spiro atoms. The Kier molecular flexibility index (Phi) is 5.42. The predicted octanol–water partition coefficient (Wildman–Crippen LogP) is 7.35. The molecule has 1 unspecified atom stereocenters. The average Bonchev–Trinajstić information content (AvgIpc) is 3.41. The molecule has 0 saturated carbocycles. The lowest BCUT2D eigenvalue weighted by molar-refractivity contribution is 0.194. The van der Waals surface area contributed by atoms with Crippen LogP contribution in [0.3, 0.4) is 0 Å². The molecule has 4 aromatic rings. The van der Waals surface area contributed by atoms with Crippen molar-refractivity contribution in [3.8, 4) is 5.00 Å². The molecule has 0 fully saturated rings. The summed E-state index contributed by atoms with van der Waals surface area (Å²) in [5, 5.41) is 4.75. The SMILES string of the molecule is O=C(Nc1cccc(Cl)c1)N1Cc2c(sc3c2CCCC3)-n2cccc2C1c1cccc(F)c1. The first-order chi connectivity index (χ1) is 16.6. The van der Waals surface area contributed by atoms with Gasteiger partial charge in [0.15, 0.2) is 0 Å². The van der Waals surface area contributed by atoms with Gasteiger partial charge in [0.1, 0.15) is 10.8 Å². The fourth-order valence-electron chi connectivity index (χ4n) is 5.18. The lowest BCUT2D eigenvalue weighted by Crippen LogP contribution is -2.38. The van der Waals surface area contributed by atoms with Crippen molar-refractivity contribution in [1.82, 2.24) is 9.47 Å². The Morgan fingerprint density at radius 3 is 2.74 bits per heavy atom. The third-order valence-electron chi connectivity index (χ3n) is 6.68. The molecule has 2 amide bonds. The molecule has 1 aliphatic heterocycles. The first-order valence-electron chi connectivity index (χ1n) is 11.5. The molecule has 4 nitrogen and oxygen atoms in total. The summed E-state index contributed by atoms with van der Waals surface area (Å²) < 4.78 is 16.5. The highest BCUT2D eigenvalue weighted by Crippen LogP contribution is 2.44. The highest BCUT2D eigenvalue weighted by molar-refractivity contribution is 7.15. The number of halogens is 2. The molecule has 3 heterocycles. The van der Waals surface area contributed by atoms with Crippen molar-refractivity contribution in [1.29, 1.82) is 0 Å². The molecule has 1 atom stereocenters. The number of carbonyl (C=O) groups excluding carboxylic acids is 1. The summed E-state index contributed by atoms with van der Waals surface area (Å²) in [5.74, 6) is -0.317. The van der Waals surface area contributed by atoms with Gasteiger partial charge in [0.2, 0.25) is 0 Å². The maximum atomic E-state index is 14.3. The van der Waals surface area contributed by atoms with Crippen molar-refractivity contribution in [3.05, 3.63) is 105 Å². The predicted molar refractivity (Wildman–Crippen MR) is 135 cm³/mol. The van der Waals surface area contributed by atoms with Gasteiger partial charge in [-0.25, -0.2) is 9.18 Å². The van der Waals surface area contributed by atoms with Gasteiger partial charge in [0.25, 0.3) is 0 Å². The third kappa shape index (κ3) is 3.71. The lowest BCUT2D eigenvalue weighted by atomic mass is 9.95. The zero-order valence-corrected chi connectivity index (χ0v) is 20.0. The van der Waals surface area contributed by atoms with Gasteiger partial charge in [-0.2, -0.15) is 0 Å². The summed E-state index contributed by atoms with van der Waals surface area (Å²) in [6.45, 7) is 0.455. The van der Waals surface area contributed by atoms with E-state index in [0.717, 1.165) is 30.5 Å². The Labute approximate surface area is 206 Å². The second-order valence-electron chi connectivity index (χ2n) is 8.82. The fourth-order valence-corrected chi connectivity index (χ4v) is 6.77. The maximum Gasteiger partial charge on any atom is 0.322 e. The molecule has 1 aliphatic carbocycles. The van der Waals surface area contributed by atoms with E-state index in [0.29, 0.717) is 17.3 Å². The second-order valence-corrected chi connectivity index (χ2v) is 10.3. The molecular formula is C27H23ClFN3OS. The van der Waals surface area contributed by atoms with E-state index in [1.54, 1.807) is 18.2 Å². The van der Waals surface area contributed by atoms with Crippen LogP contribution in [0.25, 0.3) is 5.00 Å². The zero-order valence-electron chi connectivity index (χ0n) is 18.4. The Bertz CT molecular complexity index is 1390. The number of rotatable bonds is 2. The number of aromatic nitrogens is 1. The van der Waals surface area contributed by atoms with Crippen molar-refractivity contribution < 1.29 is 9.18 Å². The van der Waals surface area contributed by atoms with E-state index in [1.807, 2.05) is 46.6 Å². The monoisotopic (exact) mass is 491 g/mol. The average molecular weight is 492 g/mol. The van der Waals surface area contributed by atoms with Crippen molar-refractivity contribution in [2.24, 2.45) is 0 Å². The van der Waals surface area contributed by atoms with Gasteiger partial charge in [-0.15, -0.1) is 11.3 Å². The zero-order chi connectivity index (χ0) is 23.2. The molecule has 6 rings (SSSR count). The maximum absolute atomic E-state index is 14.3. The molecule has 172 valence electrons. The lowest BCUT2D eigenvalue weighted by Gasteiger charge is -2.31. The highest BCUT2D eigenvalue weighted by Gasteiger charge is 2.36. The Morgan fingerprint density at radius 1 is 1.03 bits per heavy atom. The van der Waals surface area contributed by atoms with Crippen LogP contribution in [-0.4, -0.2) is 15.5 Å². The van der Waals surface area contributed by atoms with Crippen LogP contribution in [-0.2, 0) is 19.4 Å². The van der Waals surface area contributed by atoms with Gasteiger partial charge in [0.05, 0.1) is 18.3 Å². The third-order valence-corrected chi connectivity index (χ3v) is 8.25. The van der Waals surface area contributed by atoms with Gasteiger partial charge >= 0.3 is 6.03 Å². The quantitative estimate of drug-likeness (QED) is 0.313. The molecule has 0 radical (unpaired) electrons. The van der Waals surface area contributed by atoms with E-state index >= 15 is 0 Å². The number of benzene rings is 2. The number of hydrogen-bond acceptors (Lipinski definition) is 2. The first kappa shape index (κ1) is 21.4. The Hall–Kier alpha value is -3.09. The summed E-state index contributed by atoms with van der Waals surface area (Å²) in [4.78, 5) is 17.1. The van der Waals surface area contributed by atoms with Gasteiger partial charge in [-0.05, 0) is 79.3 Å². The molecule has 1 N–H and O–H groups in total. The standard InChI is InChI=1S/C27H23ClFN3OS/c28-18-7-4-9-20(15-18)30-27(33)32-16-22-21-10-1-2-12-24(21)34-26(22)31-13-5-11-23(31)25(32)17-6-3-8-19(29)14-17/h3-9,11,13-15,25H,1-2,10,12,16H2,(H,30,33). The van der Waals surface area contributed by atoms with Crippen LogP contribution in [0.1, 0.15) is 46.1 Å². The topological polar surface area (TPSA) is 37.3 Å². The van der Waals surface area contributed by atoms with Gasteiger partial charge in [-0.3, -0.25) is 0 Å². The number of aryl methyl sites for hydroxylation is 1. The Morgan fingerprint density at radius 2 is 1.88 bits per heavy atom. The van der Waals surface area contributed by atoms with Gasteiger partial charge in [0, 0.05) is 27.3 Å². The van der Waals surface area contributed by atoms with Gasteiger partial charge < -0.3 is 14.8 Å². The van der Waals surface area contributed by atoms with Crippen LogP contribution in [0.2, 0.25) is 5.02 Å². The number of thiophene rings is 1. The summed E-state index contributed by atoms with van der Waals surface area (Å²) in [5.41, 5.74) is 4.90.